The molecule has 1 aliphatic heterocycles. The quantitative estimate of drug-likeness (QED) is 0.371. The zero-order valence-electron chi connectivity index (χ0n) is 18.3. The third kappa shape index (κ3) is 4.40. The van der Waals surface area contributed by atoms with Gasteiger partial charge in [-0.3, -0.25) is 9.59 Å². The molecule has 1 N–H and O–H groups in total. The molecule has 32 heavy (non-hydrogen) atoms. The second kappa shape index (κ2) is 9.37. The van der Waals surface area contributed by atoms with Crippen LogP contribution in [0.15, 0.2) is 65.9 Å². The van der Waals surface area contributed by atoms with Crippen LogP contribution >= 0.6 is 0 Å². The fraction of sp³-hybridized carbons (Fsp3) is 0.407. The van der Waals surface area contributed by atoms with Crippen LogP contribution in [0.5, 0.6) is 0 Å². The van der Waals surface area contributed by atoms with E-state index in [1.807, 2.05) is 30.3 Å². The summed E-state index contributed by atoms with van der Waals surface area (Å²) in [6.07, 6.45) is 5.27. The Labute approximate surface area is 188 Å². The van der Waals surface area contributed by atoms with Crippen molar-refractivity contribution in [3.8, 4) is 0 Å². The Balaban J connectivity index is 1.76. The highest BCUT2D eigenvalue weighted by Gasteiger charge is 2.52. The second-order valence-corrected chi connectivity index (χ2v) is 9.08. The van der Waals surface area contributed by atoms with E-state index in [-0.39, 0.29) is 28.9 Å². The number of benzene rings is 2. The van der Waals surface area contributed by atoms with Crippen LogP contribution in [0.4, 0.5) is 4.39 Å². The predicted octanol–water partition coefficient (Wildman–Crippen LogP) is 5.47. The first-order valence-electron chi connectivity index (χ1n) is 11.3. The van der Waals surface area contributed by atoms with Crippen molar-refractivity contribution in [3.63, 3.8) is 0 Å². The monoisotopic (exact) mass is 436 g/mol. The fourth-order valence-electron chi connectivity index (χ4n) is 5.07. The molecule has 1 saturated carbocycles. The molecule has 2 aromatic carbocycles. The molecule has 1 saturated heterocycles. The van der Waals surface area contributed by atoms with Gasteiger partial charge in [-0.1, -0.05) is 61.7 Å². The van der Waals surface area contributed by atoms with Gasteiger partial charge in [0.15, 0.2) is 17.7 Å². The zero-order valence-corrected chi connectivity index (χ0v) is 18.3. The number of aliphatic hydroxyl groups is 1. The minimum absolute atomic E-state index is 0.0547. The van der Waals surface area contributed by atoms with E-state index in [0.717, 1.165) is 43.2 Å². The largest absolute Gasteiger partial charge is 0.511 e. The van der Waals surface area contributed by atoms with E-state index in [2.05, 4.69) is 0 Å². The minimum Gasteiger partial charge on any atom is -0.511 e. The van der Waals surface area contributed by atoms with Crippen LogP contribution in [0, 0.1) is 11.7 Å². The molecule has 1 aliphatic carbocycles. The van der Waals surface area contributed by atoms with Crippen molar-refractivity contribution in [3.05, 3.63) is 82.9 Å². The Morgan fingerprint density at radius 1 is 1.12 bits per heavy atom. The first-order valence-corrected chi connectivity index (χ1v) is 11.3. The highest BCUT2D eigenvalue weighted by atomic mass is 19.1. The first kappa shape index (κ1) is 22.4. The molecule has 1 heterocycles. The number of ketones is 1. The van der Waals surface area contributed by atoms with Gasteiger partial charge in [-0.05, 0) is 55.4 Å². The molecule has 2 fully saturated rings. The van der Waals surface area contributed by atoms with E-state index in [4.69, 9.17) is 4.74 Å². The van der Waals surface area contributed by atoms with E-state index in [9.17, 15) is 19.1 Å². The Bertz CT molecular complexity index is 992. The van der Waals surface area contributed by atoms with Crippen LogP contribution in [0.1, 0.15) is 56.1 Å². The molecule has 5 heteroatoms. The summed E-state index contributed by atoms with van der Waals surface area (Å²) in [5, 5.41) is 11.5. The van der Waals surface area contributed by atoms with Crippen LogP contribution in [0.3, 0.4) is 0 Å². The molecular formula is C27H29FO4. The summed E-state index contributed by atoms with van der Waals surface area (Å²) in [5.41, 5.74) is 0.192. The third-order valence-corrected chi connectivity index (χ3v) is 6.82. The Hall–Kier alpha value is -2.79. The molecule has 0 spiro atoms. The van der Waals surface area contributed by atoms with Crippen LogP contribution in [-0.2, 0) is 20.7 Å². The van der Waals surface area contributed by atoms with Crippen molar-refractivity contribution in [1.82, 2.24) is 0 Å². The topological polar surface area (TPSA) is 63.6 Å². The highest BCUT2D eigenvalue weighted by molar-refractivity contribution is 6.07. The number of Topliss-reactive ketones (excluding diaryl/α,β-unsaturated/α-hetero) is 1. The van der Waals surface area contributed by atoms with E-state index < -0.39 is 17.6 Å². The zero-order chi connectivity index (χ0) is 22.7. The SMILES string of the molecule is CC1(C=O)OC(C2CCCCC2)C(=O)C1=C(O)C(Cc1ccc(F)cc1)c1ccccc1. The van der Waals surface area contributed by atoms with Gasteiger partial charge in [0, 0.05) is 5.92 Å². The molecule has 2 aromatic rings. The number of allylic oxidation sites excluding steroid dienone is 1. The average molecular weight is 437 g/mol. The van der Waals surface area contributed by atoms with Gasteiger partial charge in [0.2, 0.25) is 0 Å². The smallest absolute Gasteiger partial charge is 0.194 e. The van der Waals surface area contributed by atoms with Crippen LogP contribution < -0.4 is 0 Å². The number of hydrogen-bond donors (Lipinski definition) is 1. The average Bonchev–Trinajstić information content (AvgIpc) is 3.10. The molecule has 4 rings (SSSR count). The van der Waals surface area contributed by atoms with Crippen molar-refractivity contribution in [2.45, 2.75) is 63.1 Å². The molecule has 4 nitrogen and oxygen atoms in total. The lowest BCUT2D eigenvalue weighted by atomic mass is 9.80. The van der Waals surface area contributed by atoms with Gasteiger partial charge in [-0.25, -0.2) is 4.39 Å². The number of carbonyl (C=O) groups excluding carboxylic acids is 2. The molecule has 0 radical (unpaired) electrons. The molecule has 3 unspecified atom stereocenters. The number of aliphatic hydroxyl groups excluding tert-OH is 1. The Kier molecular flexibility index (Phi) is 6.56. The van der Waals surface area contributed by atoms with Crippen molar-refractivity contribution in [2.75, 3.05) is 0 Å². The standard InChI is InChI=1S/C27H29FO4/c1-27(17-29)23(25(31)26(32-27)20-10-6-3-7-11-20)24(30)22(19-8-4-2-5-9-19)16-18-12-14-21(28)15-13-18/h2,4-5,8-9,12-15,17,20,22,26,30H,3,6-7,10-11,16H2,1H3. The lowest BCUT2D eigenvalue weighted by molar-refractivity contribution is -0.133. The van der Waals surface area contributed by atoms with Crippen LogP contribution in [0.2, 0.25) is 0 Å². The number of carbonyl (C=O) groups is 2. The normalized spacial score (nSPS) is 26.7. The lowest BCUT2D eigenvalue weighted by Gasteiger charge is -2.27. The van der Waals surface area contributed by atoms with Gasteiger partial charge in [0.05, 0.1) is 5.57 Å². The highest BCUT2D eigenvalue weighted by Crippen LogP contribution is 2.43. The Morgan fingerprint density at radius 3 is 2.41 bits per heavy atom. The summed E-state index contributed by atoms with van der Waals surface area (Å²) >= 11 is 0. The van der Waals surface area contributed by atoms with Crippen molar-refractivity contribution < 1.29 is 23.8 Å². The summed E-state index contributed by atoms with van der Waals surface area (Å²) in [5.74, 6) is -1.26. The maximum absolute atomic E-state index is 13.5. The maximum Gasteiger partial charge on any atom is 0.194 e. The third-order valence-electron chi connectivity index (χ3n) is 6.82. The van der Waals surface area contributed by atoms with Gasteiger partial charge in [0.1, 0.15) is 17.7 Å². The van der Waals surface area contributed by atoms with Gasteiger partial charge >= 0.3 is 0 Å². The van der Waals surface area contributed by atoms with Crippen molar-refractivity contribution >= 4 is 12.1 Å². The number of ether oxygens (including phenoxy) is 1. The summed E-state index contributed by atoms with van der Waals surface area (Å²) in [7, 11) is 0. The first-order chi connectivity index (χ1) is 15.4. The number of rotatable bonds is 6. The maximum atomic E-state index is 13.5. The molecule has 2 aliphatic rings. The number of halogens is 1. The fourth-order valence-corrected chi connectivity index (χ4v) is 5.07. The predicted molar refractivity (Wildman–Crippen MR) is 120 cm³/mol. The van der Waals surface area contributed by atoms with Crippen LogP contribution in [0.25, 0.3) is 0 Å². The molecule has 3 atom stereocenters. The number of hydrogen-bond acceptors (Lipinski definition) is 4. The van der Waals surface area contributed by atoms with E-state index in [0.29, 0.717) is 12.7 Å². The Morgan fingerprint density at radius 2 is 1.78 bits per heavy atom. The van der Waals surface area contributed by atoms with Gasteiger partial charge in [-0.15, -0.1) is 0 Å². The van der Waals surface area contributed by atoms with E-state index in [1.54, 1.807) is 19.1 Å². The second-order valence-electron chi connectivity index (χ2n) is 9.08. The van der Waals surface area contributed by atoms with Crippen molar-refractivity contribution in [2.24, 2.45) is 5.92 Å². The molecular weight excluding hydrogens is 407 g/mol. The molecule has 168 valence electrons. The van der Waals surface area contributed by atoms with Gasteiger partial charge in [0.25, 0.3) is 0 Å². The summed E-state index contributed by atoms with van der Waals surface area (Å²) < 4.78 is 19.5. The summed E-state index contributed by atoms with van der Waals surface area (Å²) in [6, 6.07) is 15.4. The summed E-state index contributed by atoms with van der Waals surface area (Å²) in [4.78, 5) is 25.6. The van der Waals surface area contributed by atoms with Crippen LogP contribution in [-0.4, -0.2) is 28.9 Å². The number of aldehydes is 1. The molecule has 0 amide bonds. The van der Waals surface area contributed by atoms with Gasteiger partial charge in [-0.2, -0.15) is 0 Å². The minimum atomic E-state index is -1.49. The van der Waals surface area contributed by atoms with E-state index in [1.165, 1.54) is 12.1 Å². The molecule has 0 bridgehead atoms. The lowest BCUT2D eigenvalue weighted by Crippen LogP contribution is -2.32. The van der Waals surface area contributed by atoms with E-state index >= 15 is 0 Å². The van der Waals surface area contributed by atoms with Crippen molar-refractivity contribution in [1.29, 1.82) is 0 Å². The molecule has 0 aromatic heterocycles. The van der Waals surface area contributed by atoms with Gasteiger partial charge < -0.3 is 9.84 Å². The summed E-state index contributed by atoms with van der Waals surface area (Å²) in [6.45, 7) is 1.56.